The first-order valence-corrected chi connectivity index (χ1v) is 9.55. The van der Waals surface area contributed by atoms with Crippen LogP contribution in [0.25, 0.3) is 0 Å². The molecule has 27 heavy (non-hydrogen) atoms. The van der Waals surface area contributed by atoms with Gasteiger partial charge in [0.1, 0.15) is 5.75 Å². The summed E-state index contributed by atoms with van der Waals surface area (Å²) in [6, 6.07) is 15.9. The van der Waals surface area contributed by atoms with Gasteiger partial charge < -0.3 is 15.4 Å². The van der Waals surface area contributed by atoms with Gasteiger partial charge in [-0.05, 0) is 53.4 Å². The SMILES string of the molecule is O=C(Nc1cccc(NC(=O)C2Cc3cc(Cl)ccc3O2)c1)c1cccs1. The lowest BCUT2D eigenvalue weighted by Crippen LogP contribution is -2.31. The fraction of sp³-hybridized carbons (Fsp3) is 0.100. The highest BCUT2D eigenvalue weighted by Gasteiger charge is 2.29. The van der Waals surface area contributed by atoms with Gasteiger partial charge in [-0.2, -0.15) is 0 Å². The number of benzene rings is 2. The molecule has 0 saturated heterocycles. The molecule has 0 aliphatic carbocycles. The van der Waals surface area contributed by atoms with Crippen molar-refractivity contribution in [1.29, 1.82) is 0 Å². The summed E-state index contributed by atoms with van der Waals surface area (Å²) in [4.78, 5) is 25.3. The van der Waals surface area contributed by atoms with Crippen molar-refractivity contribution in [3.63, 3.8) is 0 Å². The van der Waals surface area contributed by atoms with Crippen molar-refractivity contribution >= 4 is 46.1 Å². The van der Waals surface area contributed by atoms with E-state index in [4.69, 9.17) is 16.3 Å². The Labute approximate surface area is 164 Å². The Balaban J connectivity index is 1.41. The summed E-state index contributed by atoms with van der Waals surface area (Å²) in [7, 11) is 0. The highest BCUT2D eigenvalue weighted by atomic mass is 35.5. The van der Waals surface area contributed by atoms with E-state index in [1.807, 2.05) is 17.5 Å². The molecule has 1 aromatic heterocycles. The minimum Gasteiger partial charge on any atom is -0.480 e. The number of nitrogens with one attached hydrogen (secondary N) is 2. The van der Waals surface area contributed by atoms with Gasteiger partial charge in [0.2, 0.25) is 0 Å². The molecule has 1 unspecified atom stereocenters. The van der Waals surface area contributed by atoms with Gasteiger partial charge in [-0.15, -0.1) is 11.3 Å². The monoisotopic (exact) mass is 398 g/mol. The number of carbonyl (C=O) groups excluding carboxylic acids is 2. The number of carbonyl (C=O) groups is 2. The van der Waals surface area contributed by atoms with Gasteiger partial charge in [-0.1, -0.05) is 23.7 Å². The molecule has 136 valence electrons. The number of hydrogen-bond acceptors (Lipinski definition) is 4. The first-order chi connectivity index (χ1) is 13.1. The largest absolute Gasteiger partial charge is 0.480 e. The first-order valence-electron chi connectivity index (χ1n) is 8.29. The standard InChI is InChI=1S/C20H15ClN2O3S/c21-13-6-7-16-12(9-13)10-17(26-16)19(24)22-14-3-1-4-15(11-14)23-20(25)18-5-2-8-27-18/h1-9,11,17H,10H2,(H,22,24)(H,23,25). The number of ether oxygens (including phenoxy) is 1. The molecule has 4 rings (SSSR count). The van der Waals surface area contributed by atoms with Crippen LogP contribution in [-0.2, 0) is 11.2 Å². The summed E-state index contributed by atoms with van der Waals surface area (Å²) in [5.74, 6) is 0.250. The minimum absolute atomic E-state index is 0.181. The van der Waals surface area contributed by atoms with Gasteiger partial charge in [0.05, 0.1) is 4.88 Å². The van der Waals surface area contributed by atoms with E-state index in [0.29, 0.717) is 33.4 Å². The van der Waals surface area contributed by atoms with Crippen molar-refractivity contribution in [2.75, 3.05) is 10.6 Å². The first kappa shape index (κ1) is 17.6. The summed E-state index contributed by atoms with van der Waals surface area (Å²) in [6.45, 7) is 0. The van der Waals surface area contributed by atoms with Crippen LogP contribution < -0.4 is 15.4 Å². The molecule has 0 spiro atoms. The van der Waals surface area contributed by atoms with Gasteiger partial charge in [0.25, 0.3) is 11.8 Å². The summed E-state index contributed by atoms with van der Waals surface area (Å²) < 4.78 is 5.70. The van der Waals surface area contributed by atoms with Gasteiger partial charge in [-0.25, -0.2) is 0 Å². The van der Waals surface area contributed by atoms with E-state index in [9.17, 15) is 9.59 Å². The zero-order valence-corrected chi connectivity index (χ0v) is 15.6. The van der Waals surface area contributed by atoms with Crippen LogP contribution in [0.5, 0.6) is 5.75 Å². The molecule has 0 saturated carbocycles. The highest BCUT2D eigenvalue weighted by Crippen LogP contribution is 2.31. The second-order valence-corrected chi connectivity index (χ2v) is 7.45. The maximum atomic E-state index is 12.5. The van der Waals surface area contributed by atoms with E-state index >= 15 is 0 Å². The second-order valence-electron chi connectivity index (χ2n) is 6.06. The second kappa shape index (κ2) is 7.42. The Morgan fingerprint density at radius 1 is 1.04 bits per heavy atom. The molecule has 2 amide bonds. The molecule has 2 N–H and O–H groups in total. The lowest BCUT2D eigenvalue weighted by molar-refractivity contribution is -0.122. The number of fused-ring (bicyclic) bond motifs is 1. The molecule has 1 aliphatic rings. The van der Waals surface area contributed by atoms with Crippen LogP contribution in [0.15, 0.2) is 60.0 Å². The lowest BCUT2D eigenvalue weighted by atomic mass is 10.1. The van der Waals surface area contributed by atoms with E-state index in [1.54, 1.807) is 42.5 Å². The molecule has 5 nitrogen and oxygen atoms in total. The molecular formula is C20H15ClN2O3S. The van der Waals surface area contributed by atoms with Gasteiger partial charge in [-0.3, -0.25) is 9.59 Å². The van der Waals surface area contributed by atoms with Gasteiger partial charge >= 0.3 is 0 Å². The quantitative estimate of drug-likeness (QED) is 0.675. The van der Waals surface area contributed by atoms with Gasteiger partial charge in [0.15, 0.2) is 6.10 Å². The molecule has 1 aliphatic heterocycles. The highest BCUT2D eigenvalue weighted by molar-refractivity contribution is 7.12. The van der Waals surface area contributed by atoms with E-state index < -0.39 is 6.10 Å². The number of thiophene rings is 1. The molecular weight excluding hydrogens is 384 g/mol. The van der Waals surface area contributed by atoms with Crippen LogP contribution in [0, 0.1) is 0 Å². The van der Waals surface area contributed by atoms with E-state index in [0.717, 1.165) is 5.56 Å². The molecule has 0 bridgehead atoms. The number of rotatable bonds is 4. The number of anilines is 2. The summed E-state index contributed by atoms with van der Waals surface area (Å²) in [6.07, 6.45) is -0.140. The molecule has 3 aromatic rings. The molecule has 2 aromatic carbocycles. The predicted octanol–water partition coefficient (Wildman–Crippen LogP) is 4.60. The van der Waals surface area contributed by atoms with Crippen molar-refractivity contribution in [3.05, 3.63) is 75.4 Å². The Morgan fingerprint density at radius 3 is 2.63 bits per heavy atom. The fourth-order valence-electron chi connectivity index (χ4n) is 2.86. The van der Waals surface area contributed by atoms with E-state index in [-0.39, 0.29) is 11.8 Å². The molecule has 2 heterocycles. The van der Waals surface area contributed by atoms with E-state index in [2.05, 4.69) is 10.6 Å². The third-order valence-corrected chi connectivity index (χ3v) is 5.23. The van der Waals surface area contributed by atoms with Crippen molar-refractivity contribution in [3.8, 4) is 5.75 Å². The summed E-state index contributed by atoms with van der Waals surface area (Å²) >= 11 is 7.36. The maximum Gasteiger partial charge on any atom is 0.265 e. The Hall–Kier alpha value is -2.83. The summed E-state index contributed by atoms with van der Waals surface area (Å²) in [5, 5.41) is 8.12. The smallest absolute Gasteiger partial charge is 0.265 e. The molecule has 0 fully saturated rings. The molecule has 0 radical (unpaired) electrons. The van der Waals surface area contributed by atoms with Crippen molar-refractivity contribution < 1.29 is 14.3 Å². The third kappa shape index (κ3) is 3.97. The van der Waals surface area contributed by atoms with E-state index in [1.165, 1.54) is 11.3 Å². The van der Waals surface area contributed by atoms with Crippen molar-refractivity contribution in [2.24, 2.45) is 0 Å². The lowest BCUT2D eigenvalue weighted by Gasteiger charge is -2.12. The van der Waals surface area contributed by atoms with Crippen LogP contribution in [0.4, 0.5) is 11.4 Å². The van der Waals surface area contributed by atoms with Gasteiger partial charge in [0, 0.05) is 22.8 Å². The number of amides is 2. The average Bonchev–Trinajstić information content (AvgIpc) is 3.31. The average molecular weight is 399 g/mol. The zero-order valence-electron chi connectivity index (χ0n) is 14.1. The Kier molecular flexibility index (Phi) is 4.83. The molecule has 1 atom stereocenters. The number of hydrogen-bond donors (Lipinski definition) is 2. The Bertz CT molecular complexity index is 1000. The molecule has 7 heteroatoms. The Morgan fingerprint density at radius 2 is 1.85 bits per heavy atom. The maximum absolute atomic E-state index is 12.5. The fourth-order valence-corrected chi connectivity index (χ4v) is 3.67. The van der Waals surface area contributed by atoms with Crippen LogP contribution in [-0.4, -0.2) is 17.9 Å². The van der Waals surface area contributed by atoms with Crippen molar-refractivity contribution in [1.82, 2.24) is 0 Å². The van der Waals surface area contributed by atoms with Crippen LogP contribution in [0.1, 0.15) is 15.2 Å². The van der Waals surface area contributed by atoms with Crippen molar-refractivity contribution in [2.45, 2.75) is 12.5 Å². The predicted molar refractivity (Wildman–Crippen MR) is 107 cm³/mol. The van der Waals surface area contributed by atoms with Crippen LogP contribution in [0.3, 0.4) is 0 Å². The number of halogens is 1. The summed E-state index contributed by atoms with van der Waals surface area (Å²) in [5.41, 5.74) is 2.11. The zero-order chi connectivity index (χ0) is 18.8. The minimum atomic E-state index is -0.608. The third-order valence-electron chi connectivity index (χ3n) is 4.12. The topological polar surface area (TPSA) is 67.4 Å². The van der Waals surface area contributed by atoms with Crippen LogP contribution >= 0.6 is 22.9 Å². The normalized spacial score (nSPS) is 14.9. The van der Waals surface area contributed by atoms with Crippen LogP contribution in [0.2, 0.25) is 5.02 Å².